The normalized spacial score (nSPS) is 13.0. The molecule has 200 valence electrons. The van der Waals surface area contributed by atoms with Gasteiger partial charge in [0.15, 0.2) is 0 Å². The highest BCUT2D eigenvalue weighted by atomic mass is 16.5. The van der Waals surface area contributed by atoms with E-state index in [1.165, 1.54) is 6.42 Å². The highest BCUT2D eigenvalue weighted by Crippen LogP contribution is 2.16. The molecular formula is C31H52O4. The number of hydrogen-bond acceptors (Lipinski definition) is 3. The maximum Gasteiger partial charge on any atom is 0.306 e. The monoisotopic (exact) mass is 488 g/mol. The minimum absolute atomic E-state index is 0.00886. The molecular weight excluding hydrogens is 436 g/mol. The van der Waals surface area contributed by atoms with Crippen LogP contribution in [0.5, 0.6) is 0 Å². The van der Waals surface area contributed by atoms with Gasteiger partial charge in [0.2, 0.25) is 0 Å². The molecule has 1 atom stereocenters. The SMILES string of the molecule is CC/C=C\C/C=C\C/C=C\C/C=C\CCCCCCC(=O)OC(CCCC)CCCCCC(=O)O. The lowest BCUT2D eigenvalue weighted by Crippen LogP contribution is -2.18. The fraction of sp³-hybridized carbons (Fsp3) is 0.677. The summed E-state index contributed by atoms with van der Waals surface area (Å²) >= 11 is 0. The van der Waals surface area contributed by atoms with Crippen LogP contribution in [-0.4, -0.2) is 23.1 Å². The number of rotatable bonds is 24. The fourth-order valence-electron chi connectivity index (χ4n) is 3.75. The highest BCUT2D eigenvalue weighted by molar-refractivity contribution is 5.69. The number of ether oxygens (including phenoxy) is 1. The molecule has 0 aromatic rings. The zero-order valence-corrected chi connectivity index (χ0v) is 22.6. The Labute approximate surface area is 215 Å². The smallest absolute Gasteiger partial charge is 0.306 e. The topological polar surface area (TPSA) is 63.6 Å². The van der Waals surface area contributed by atoms with Gasteiger partial charge in [-0.2, -0.15) is 0 Å². The Morgan fingerprint density at radius 3 is 1.83 bits per heavy atom. The van der Waals surface area contributed by atoms with Crippen molar-refractivity contribution in [1.29, 1.82) is 0 Å². The van der Waals surface area contributed by atoms with Crippen molar-refractivity contribution in [3.63, 3.8) is 0 Å². The van der Waals surface area contributed by atoms with Gasteiger partial charge in [0.1, 0.15) is 6.10 Å². The number of aliphatic carboxylic acids is 1. The van der Waals surface area contributed by atoms with E-state index in [9.17, 15) is 9.59 Å². The second-order valence-electron chi connectivity index (χ2n) is 9.20. The van der Waals surface area contributed by atoms with Crippen LogP contribution in [0.1, 0.15) is 129 Å². The highest BCUT2D eigenvalue weighted by Gasteiger charge is 2.14. The van der Waals surface area contributed by atoms with Gasteiger partial charge in [0.25, 0.3) is 0 Å². The van der Waals surface area contributed by atoms with Crippen LogP contribution in [-0.2, 0) is 14.3 Å². The first kappa shape index (κ1) is 32.9. The molecule has 0 aliphatic heterocycles. The zero-order valence-electron chi connectivity index (χ0n) is 22.6. The van der Waals surface area contributed by atoms with Crippen molar-refractivity contribution < 1.29 is 19.4 Å². The van der Waals surface area contributed by atoms with Crippen molar-refractivity contribution in [3.05, 3.63) is 48.6 Å². The van der Waals surface area contributed by atoms with Crippen LogP contribution < -0.4 is 0 Å². The Kier molecular flexibility index (Phi) is 24.9. The quantitative estimate of drug-likeness (QED) is 0.0835. The van der Waals surface area contributed by atoms with Crippen molar-refractivity contribution >= 4 is 11.9 Å². The summed E-state index contributed by atoms with van der Waals surface area (Å²) in [6, 6.07) is 0. The van der Waals surface area contributed by atoms with Gasteiger partial charge in [0, 0.05) is 12.8 Å². The summed E-state index contributed by atoms with van der Waals surface area (Å²) in [5.41, 5.74) is 0. The third-order valence-electron chi connectivity index (χ3n) is 5.82. The lowest BCUT2D eigenvalue weighted by atomic mass is 10.0. The predicted octanol–water partition coefficient (Wildman–Crippen LogP) is 9.27. The average Bonchev–Trinajstić information content (AvgIpc) is 2.83. The van der Waals surface area contributed by atoms with E-state index in [-0.39, 0.29) is 18.5 Å². The first-order chi connectivity index (χ1) is 17.1. The van der Waals surface area contributed by atoms with Crippen molar-refractivity contribution in [3.8, 4) is 0 Å². The Morgan fingerprint density at radius 1 is 0.657 bits per heavy atom. The second kappa shape index (κ2) is 26.5. The number of carbonyl (C=O) groups is 2. The van der Waals surface area contributed by atoms with E-state index in [1.807, 2.05) is 0 Å². The molecule has 0 radical (unpaired) electrons. The van der Waals surface area contributed by atoms with Gasteiger partial charge >= 0.3 is 11.9 Å². The Morgan fingerprint density at radius 2 is 1.20 bits per heavy atom. The van der Waals surface area contributed by atoms with E-state index in [0.29, 0.717) is 12.8 Å². The van der Waals surface area contributed by atoms with Crippen LogP contribution >= 0.6 is 0 Å². The molecule has 35 heavy (non-hydrogen) atoms. The molecule has 0 saturated carbocycles. The van der Waals surface area contributed by atoms with E-state index in [4.69, 9.17) is 9.84 Å². The van der Waals surface area contributed by atoms with Crippen molar-refractivity contribution in [2.45, 2.75) is 136 Å². The Balaban J connectivity index is 3.76. The number of carboxylic acid groups (broad SMARTS) is 1. The molecule has 0 bridgehead atoms. The average molecular weight is 489 g/mol. The Bertz CT molecular complexity index is 615. The molecule has 0 aliphatic rings. The lowest BCUT2D eigenvalue weighted by Gasteiger charge is -2.17. The molecule has 0 aliphatic carbocycles. The molecule has 0 saturated heterocycles. The molecule has 0 rings (SSSR count). The summed E-state index contributed by atoms with van der Waals surface area (Å²) in [6.45, 7) is 4.30. The van der Waals surface area contributed by atoms with Crippen LogP contribution in [0.15, 0.2) is 48.6 Å². The lowest BCUT2D eigenvalue weighted by molar-refractivity contribution is -0.150. The minimum atomic E-state index is -0.738. The molecule has 0 aromatic carbocycles. The molecule has 0 heterocycles. The minimum Gasteiger partial charge on any atom is -0.481 e. The van der Waals surface area contributed by atoms with Crippen LogP contribution in [0.3, 0.4) is 0 Å². The molecule has 4 heteroatoms. The third kappa shape index (κ3) is 26.3. The van der Waals surface area contributed by atoms with E-state index < -0.39 is 5.97 Å². The summed E-state index contributed by atoms with van der Waals surface area (Å²) in [4.78, 5) is 22.8. The summed E-state index contributed by atoms with van der Waals surface area (Å²) in [5, 5.41) is 8.72. The first-order valence-corrected chi connectivity index (χ1v) is 14.1. The largest absolute Gasteiger partial charge is 0.481 e. The molecule has 0 amide bonds. The fourth-order valence-corrected chi connectivity index (χ4v) is 3.75. The third-order valence-corrected chi connectivity index (χ3v) is 5.82. The molecule has 0 fully saturated rings. The van der Waals surface area contributed by atoms with E-state index in [0.717, 1.165) is 89.9 Å². The zero-order chi connectivity index (χ0) is 25.8. The van der Waals surface area contributed by atoms with Crippen molar-refractivity contribution in [2.75, 3.05) is 0 Å². The van der Waals surface area contributed by atoms with Crippen LogP contribution in [0, 0.1) is 0 Å². The maximum absolute atomic E-state index is 12.2. The van der Waals surface area contributed by atoms with E-state index in [1.54, 1.807) is 0 Å². The number of allylic oxidation sites excluding steroid dienone is 8. The summed E-state index contributed by atoms with van der Waals surface area (Å²) in [6.07, 6.45) is 34.4. The van der Waals surface area contributed by atoms with Gasteiger partial charge in [-0.15, -0.1) is 0 Å². The van der Waals surface area contributed by atoms with Crippen LogP contribution in [0.4, 0.5) is 0 Å². The van der Waals surface area contributed by atoms with Crippen LogP contribution in [0.25, 0.3) is 0 Å². The van der Waals surface area contributed by atoms with Crippen molar-refractivity contribution in [2.24, 2.45) is 0 Å². The number of carboxylic acids is 1. The van der Waals surface area contributed by atoms with Gasteiger partial charge in [0.05, 0.1) is 0 Å². The summed E-state index contributed by atoms with van der Waals surface area (Å²) in [5.74, 6) is -0.812. The molecule has 1 N–H and O–H groups in total. The molecule has 4 nitrogen and oxygen atoms in total. The van der Waals surface area contributed by atoms with Gasteiger partial charge in [-0.1, -0.05) is 94.6 Å². The molecule has 1 unspecified atom stereocenters. The summed E-state index contributed by atoms with van der Waals surface area (Å²) in [7, 11) is 0. The first-order valence-electron chi connectivity index (χ1n) is 14.1. The standard InChI is InChI=1S/C31H52O4/c1-3-5-7-8-9-10-11-12-13-14-15-16-17-18-19-20-24-28-31(34)35-29(25-6-4-2)26-22-21-23-27-30(32)33/h5,7,9-10,12-13,15-16,29H,3-4,6,8,11,14,17-28H2,1-2H3,(H,32,33)/b7-5-,10-9-,13-12-,16-15-. The molecule has 0 spiro atoms. The number of unbranched alkanes of at least 4 members (excludes halogenated alkanes) is 7. The van der Waals surface area contributed by atoms with E-state index >= 15 is 0 Å². The van der Waals surface area contributed by atoms with Crippen LogP contribution in [0.2, 0.25) is 0 Å². The maximum atomic E-state index is 12.2. The van der Waals surface area contributed by atoms with E-state index in [2.05, 4.69) is 62.5 Å². The summed E-state index contributed by atoms with van der Waals surface area (Å²) < 4.78 is 5.73. The van der Waals surface area contributed by atoms with Gasteiger partial charge in [-0.25, -0.2) is 0 Å². The van der Waals surface area contributed by atoms with Gasteiger partial charge < -0.3 is 9.84 Å². The second-order valence-corrected chi connectivity index (χ2v) is 9.20. The molecule has 0 aromatic heterocycles. The van der Waals surface area contributed by atoms with Gasteiger partial charge in [-0.05, 0) is 70.6 Å². The number of carbonyl (C=O) groups excluding carboxylic acids is 1. The van der Waals surface area contributed by atoms with Crippen molar-refractivity contribution in [1.82, 2.24) is 0 Å². The van der Waals surface area contributed by atoms with Gasteiger partial charge in [-0.3, -0.25) is 9.59 Å². The predicted molar refractivity (Wildman–Crippen MR) is 149 cm³/mol. The number of esters is 1. The Hall–Kier alpha value is -2.10. The number of hydrogen-bond donors (Lipinski definition) is 1.